The predicted molar refractivity (Wildman–Crippen MR) is 143 cm³/mol. The Bertz CT molecular complexity index is 1230. The molecule has 0 bridgehead atoms. The van der Waals surface area contributed by atoms with Gasteiger partial charge in [-0.2, -0.15) is 0 Å². The van der Waals surface area contributed by atoms with Crippen molar-refractivity contribution in [2.75, 3.05) is 25.5 Å². The lowest BCUT2D eigenvalue weighted by molar-refractivity contribution is 0.112. The Morgan fingerprint density at radius 3 is 2.32 bits per heavy atom. The van der Waals surface area contributed by atoms with E-state index in [1.807, 2.05) is 79.8 Å². The average Bonchev–Trinajstić information content (AvgIpc) is 2.88. The summed E-state index contributed by atoms with van der Waals surface area (Å²) in [5, 5.41) is 7.40. The minimum atomic E-state index is 0.460. The smallest absolute Gasteiger partial charge is 0.150 e. The van der Waals surface area contributed by atoms with Crippen molar-refractivity contribution in [3.63, 3.8) is 0 Å². The third kappa shape index (κ3) is 6.28. The number of carbonyl (C=O) groups excluding carboxylic acids is 1. The Balaban J connectivity index is 0.000000481. The van der Waals surface area contributed by atoms with E-state index in [9.17, 15) is 4.79 Å². The van der Waals surface area contributed by atoms with Crippen LogP contribution in [0.15, 0.2) is 85.6 Å². The van der Waals surface area contributed by atoms with E-state index < -0.39 is 0 Å². The van der Waals surface area contributed by atoms with Gasteiger partial charge in [-0.05, 0) is 55.9 Å². The van der Waals surface area contributed by atoms with Gasteiger partial charge in [-0.3, -0.25) is 9.78 Å². The van der Waals surface area contributed by atoms with Gasteiger partial charge < -0.3 is 22.1 Å². The first kappa shape index (κ1) is 24.6. The monoisotopic (exact) mass is 453 g/mol. The van der Waals surface area contributed by atoms with Crippen molar-refractivity contribution < 1.29 is 4.79 Å². The number of hydrogen-bond donors (Lipinski definition) is 4. The second-order valence-corrected chi connectivity index (χ2v) is 7.78. The zero-order chi connectivity index (χ0) is 24.3. The van der Waals surface area contributed by atoms with Crippen LogP contribution < -0.4 is 22.1 Å². The summed E-state index contributed by atoms with van der Waals surface area (Å²) in [5.41, 5.74) is 17.8. The molecule has 1 heterocycles. The quantitative estimate of drug-likeness (QED) is 0.222. The fourth-order valence-electron chi connectivity index (χ4n) is 3.45. The van der Waals surface area contributed by atoms with Gasteiger partial charge in [0.05, 0.1) is 11.2 Å². The van der Waals surface area contributed by atoms with Crippen LogP contribution in [0, 0.1) is 0 Å². The molecule has 4 rings (SSSR count). The summed E-state index contributed by atoms with van der Waals surface area (Å²) in [4.78, 5) is 15.5. The van der Waals surface area contributed by atoms with Crippen LogP contribution in [0.1, 0.15) is 22.3 Å². The highest BCUT2D eigenvalue weighted by Crippen LogP contribution is 2.33. The summed E-state index contributed by atoms with van der Waals surface area (Å²) >= 11 is 0. The van der Waals surface area contributed by atoms with Crippen molar-refractivity contribution in [2.45, 2.75) is 6.42 Å². The molecule has 0 aliphatic heterocycles. The van der Waals surface area contributed by atoms with Gasteiger partial charge in [0.15, 0.2) is 0 Å². The number of para-hydroxylation sites is 1. The molecule has 0 radical (unpaired) electrons. The molecule has 0 saturated heterocycles. The third-order valence-electron chi connectivity index (χ3n) is 5.27. The number of rotatable bonds is 8. The standard InChI is InChI=1S/C24H19N3O.C4H12N2/c1-16(25)22-14-26-23-13-19(18-9-7-17(15-28)8-10-18)11-12-21(23)24(22)27-20-5-3-2-4-6-20;1-6-4-2-3-5/h2-15H,1,25H2,(H,26,27);6H,2-5H2,1H3. The summed E-state index contributed by atoms with van der Waals surface area (Å²) in [7, 11) is 1.93. The van der Waals surface area contributed by atoms with E-state index in [4.69, 9.17) is 11.5 Å². The van der Waals surface area contributed by atoms with E-state index in [1.165, 1.54) is 0 Å². The fraction of sp³-hybridized carbons (Fsp3) is 0.143. The van der Waals surface area contributed by atoms with Crippen LogP contribution in [0.5, 0.6) is 0 Å². The summed E-state index contributed by atoms with van der Waals surface area (Å²) in [6, 6.07) is 23.5. The lowest BCUT2D eigenvalue weighted by atomic mass is 10.0. The third-order valence-corrected chi connectivity index (χ3v) is 5.27. The molecule has 1 aromatic heterocycles. The number of hydrogen-bond acceptors (Lipinski definition) is 6. The number of benzene rings is 3. The maximum Gasteiger partial charge on any atom is 0.150 e. The number of anilines is 2. The highest BCUT2D eigenvalue weighted by molar-refractivity contribution is 6.00. The first-order chi connectivity index (χ1) is 16.6. The Kier molecular flexibility index (Phi) is 8.91. The minimum absolute atomic E-state index is 0.460. The molecular formula is C28H31N5O. The van der Waals surface area contributed by atoms with Crippen LogP contribution in [0.25, 0.3) is 27.7 Å². The molecule has 0 aliphatic carbocycles. The SMILES string of the molecule is C=C(N)c1cnc2cc(-c3ccc(C=O)cc3)ccc2c1Nc1ccccc1.CNCCCN. The van der Waals surface area contributed by atoms with Crippen LogP contribution in [-0.4, -0.2) is 31.4 Å². The first-order valence-corrected chi connectivity index (χ1v) is 11.2. The summed E-state index contributed by atoms with van der Waals surface area (Å²) in [5.74, 6) is 0. The van der Waals surface area contributed by atoms with Crippen LogP contribution in [-0.2, 0) is 0 Å². The van der Waals surface area contributed by atoms with E-state index in [0.717, 1.165) is 64.8 Å². The van der Waals surface area contributed by atoms with Gasteiger partial charge in [0.1, 0.15) is 6.29 Å². The van der Waals surface area contributed by atoms with E-state index in [1.54, 1.807) is 6.20 Å². The van der Waals surface area contributed by atoms with Gasteiger partial charge in [0.2, 0.25) is 0 Å². The molecule has 0 unspecified atom stereocenters. The number of aldehydes is 1. The molecule has 34 heavy (non-hydrogen) atoms. The lowest BCUT2D eigenvalue weighted by Gasteiger charge is -2.15. The molecule has 6 heteroatoms. The van der Waals surface area contributed by atoms with Gasteiger partial charge >= 0.3 is 0 Å². The van der Waals surface area contributed by atoms with Crippen molar-refractivity contribution in [3.05, 3.63) is 96.7 Å². The Labute approximate surface area is 200 Å². The number of pyridine rings is 1. The number of nitrogens with one attached hydrogen (secondary N) is 2. The highest BCUT2D eigenvalue weighted by Gasteiger charge is 2.12. The van der Waals surface area contributed by atoms with Crippen LogP contribution in [0.2, 0.25) is 0 Å². The lowest BCUT2D eigenvalue weighted by Crippen LogP contribution is -2.12. The number of aromatic nitrogens is 1. The molecule has 0 amide bonds. The molecule has 3 aromatic carbocycles. The topological polar surface area (TPSA) is 106 Å². The van der Waals surface area contributed by atoms with Gasteiger partial charge in [-0.15, -0.1) is 0 Å². The molecule has 4 aromatic rings. The minimum Gasteiger partial charge on any atom is -0.399 e. The molecule has 6 N–H and O–H groups in total. The zero-order valence-corrected chi connectivity index (χ0v) is 19.4. The van der Waals surface area contributed by atoms with Crippen LogP contribution >= 0.6 is 0 Å². The number of nitrogens with two attached hydrogens (primary N) is 2. The summed E-state index contributed by atoms with van der Waals surface area (Å²) < 4.78 is 0. The second-order valence-electron chi connectivity index (χ2n) is 7.78. The first-order valence-electron chi connectivity index (χ1n) is 11.2. The fourth-order valence-corrected chi connectivity index (χ4v) is 3.45. The van der Waals surface area contributed by atoms with Gasteiger partial charge in [0.25, 0.3) is 0 Å². The van der Waals surface area contributed by atoms with Crippen molar-refractivity contribution >= 4 is 34.3 Å². The molecule has 0 atom stereocenters. The molecule has 0 aliphatic rings. The number of fused-ring (bicyclic) bond motifs is 1. The molecule has 0 spiro atoms. The number of carbonyl (C=O) groups is 1. The van der Waals surface area contributed by atoms with Gasteiger partial charge in [0, 0.05) is 34.1 Å². The zero-order valence-electron chi connectivity index (χ0n) is 19.4. The Hall–Kier alpha value is -4.00. The molecule has 174 valence electrons. The largest absolute Gasteiger partial charge is 0.399 e. The van der Waals surface area contributed by atoms with Crippen molar-refractivity contribution in [3.8, 4) is 11.1 Å². The van der Waals surface area contributed by atoms with Crippen molar-refractivity contribution in [1.29, 1.82) is 0 Å². The van der Waals surface area contributed by atoms with Gasteiger partial charge in [-0.25, -0.2) is 0 Å². The van der Waals surface area contributed by atoms with Crippen LogP contribution in [0.4, 0.5) is 11.4 Å². The summed E-state index contributed by atoms with van der Waals surface area (Å²) in [6.07, 6.45) is 3.67. The van der Waals surface area contributed by atoms with Crippen LogP contribution in [0.3, 0.4) is 0 Å². The molecule has 6 nitrogen and oxygen atoms in total. The van der Waals surface area contributed by atoms with E-state index in [-0.39, 0.29) is 0 Å². The van der Waals surface area contributed by atoms with E-state index in [0.29, 0.717) is 11.3 Å². The van der Waals surface area contributed by atoms with Gasteiger partial charge in [-0.1, -0.05) is 61.2 Å². The Morgan fingerprint density at radius 1 is 1.03 bits per heavy atom. The van der Waals surface area contributed by atoms with Crippen molar-refractivity contribution in [1.82, 2.24) is 10.3 Å². The normalized spacial score (nSPS) is 10.3. The maximum absolute atomic E-state index is 10.9. The maximum atomic E-state index is 10.9. The Morgan fingerprint density at radius 2 is 1.74 bits per heavy atom. The van der Waals surface area contributed by atoms with E-state index >= 15 is 0 Å². The van der Waals surface area contributed by atoms with Crippen molar-refractivity contribution in [2.24, 2.45) is 11.5 Å². The molecule has 0 saturated carbocycles. The highest BCUT2D eigenvalue weighted by atomic mass is 16.1. The summed E-state index contributed by atoms with van der Waals surface area (Å²) in [6.45, 7) is 5.72. The molecular weight excluding hydrogens is 422 g/mol. The number of nitrogens with zero attached hydrogens (tertiary/aromatic N) is 1. The predicted octanol–water partition coefficient (Wildman–Crippen LogP) is 4.94. The molecule has 0 fully saturated rings. The average molecular weight is 454 g/mol. The second kappa shape index (κ2) is 12.3. The van der Waals surface area contributed by atoms with E-state index in [2.05, 4.69) is 22.2 Å².